The van der Waals surface area contributed by atoms with Gasteiger partial charge in [0.1, 0.15) is 6.04 Å². The molecule has 0 radical (unpaired) electrons. The molecule has 0 unspecified atom stereocenters. The Morgan fingerprint density at radius 3 is 2.70 bits per heavy atom. The Balaban J connectivity index is 2.10. The van der Waals surface area contributed by atoms with Crippen molar-refractivity contribution >= 4 is 22.8 Å². The molecular weight excluding hydrogens is 292 g/mol. The largest absolute Gasteiger partial charge is 0.480 e. The zero-order valence-corrected chi connectivity index (χ0v) is 13.3. The van der Waals surface area contributed by atoms with Gasteiger partial charge in [0.25, 0.3) is 5.91 Å². The van der Waals surface area contributed by atoms with Gasteiger partial charge in [0, 0.05) is 11.6 Å². The predicted molar refractivity (Wildman–Crippen MR) is 89.4 cm³/mol. The number of pyridine rings is 1. The Morgan fingerprint density at radius 1 is 1.17 bits per heavy atom. The molecule has 0 saturated carbocycles. The number of unbranched alkanes of at least 4 members (excludes halogenated alkanes) is 3. The van der Waals surface area contributed by atoms with E-state index in [1.54, 1.807) is 24.4 Å². The molecule has 2 N–H and O–H groups in total. The van der Waals surface area contributed by atoms with Crippen LogP contribution in [-0.4, -0.2) is 28.0 Å². The molecule has 1 atom stereocenters. The summed E-state index contributed by atoms with van der Waals surface area (Å²) in [6, 6.07) is 8.13. The minimum absolute atomic E-state index is 0.391. The number of amides is 1. The smallest absolute Gasteiger partial charge is 0.326 e. The molecule has 0 spiro atoms. The van der Waals surface area contributed by atoms with E-state index >= 15 is 0 Å². The zero-order chi connectivity index (χ0) is 16.7. The monoisotopic (exact) mass is 314 g/mol. The third-order valence-corrected chi connectivity index (χ3v) is 3.83. The molecule has 1 aromatic carbocycles. The molecule has 1 amide bonds. The summed E-state index contributed by atoms with van der Waals surface area (Å²) in [5, 5.41) is 12.8. The summed E-state index contributed by atoms with van der Waals surface area (Å²) in [5.74, 6) is -1.39. The summed E-state index contributed by atoms with van der Waals surface area (Å²) in [6.45, 7) is 2.10. The zero-order valence-electron chi connectivity index (χ0n) is 13.3. The van der Waals surface area contributed by atoms with E-state index in [1.165, 1.54) is 0 Å². The topological polar surface area (TPSA) is 79.3 Å². The Morgan fingerprint density at radius 2 is 1.96 bits per heavy atom. The van der Waals surface area contributed by atoms with Crippen molar-refractivity contribution in [1.82, 2.24) is 10.3 Å². The van der Waals surface area contributed by atoms with E-state index in [9.17, 15) is 14.7 Å². The van der Waals surface area contributed by atoms with Crippen LogP contribution < -0.4 is 5.32 Å². The maximum Gasteiger partial charge on any atom is 0.326 e. The van der Waals surface area contributed by atoms with Gasteiger partial charge in [0.2, 0.25) is 0 Å². The first-order chi connectivity index (χ1) is 11.1. The Bertz CT molecular complexity index is 680. The van der Waals surface area contributed by atoms with E-state index in [2.05, 4.69) is 17.2 Å². The molecule has 2 aromatic rings. The number of rotatable bonds is 8. The minimum Gasteiger partial charge on any atom is -0.480 e. The number of aliphatic carboxylic acids is 1. The van der Waals surface area contributed by atoms with Gasteiger partial charge in [-0.25, -0.2) is 4.79 Å². The average Bonchev–Trinajstić information content (AvgIpc) is 2.56. The van der Waals surface area contributed by atoms with Crippen molar-refractivity contribution in [3.8, 4) is 0 Å². The number of carbonyl (C=O) groups is 2. The quantitative estimate of drug-likeness (QED) is 0.732. The highest BCUT2D eigenvalue weighted by atomic mass is 16.4. The number of nitrogens with one attached hydrogen (secondary N) is 1. The molecule has 0 fully saturated rings. The summed E-state index contributed by atoms with van der Waals surface area (Å²) in [7, 11) is 0. The van der Waals surface area contributed by atoms with Crippen molar-refractivity contribution < 1.29 is 14.7 Å². The van der Waals surface area contributed by atoms with Crippen LogP contribution in [-0.2, 0) is 4.79 Å². The van der Waals surface area contributed by atoms with Crippen molar-refractivity contribution in [2.24, 2.45) is 0 Å². The summed E-state index contributed by atoms with van der Waals surface area (Å²) >= 11 is 0. The fourth-order valence-electron chi connectivity index (χ4n) is 2.56. The number of carbonyl (C=O) groups excluding carboxylic acids is 1. The lowest BCUT2D eigenvalue weighted by molar-refractivity contribution is -0.139. The van der Waals surface area contributed by atoms with Gasteiger partial charge in [-0.05, 0) is 18.6 Å². The second kappa shape index (κ2) is 8.27. The molecule has 0 saturated heterocycles. The molecule has 0 aliphatic heterocycles. The van der Waals surface area contributed by atoms with Crippen LogP contribution in [0.5, 0.6) is 0 Å². The first kappa shape index (κ1) is 16.9. The van der Waals surface area contributed by atoms with E-state index < -0.39 is 17.9 Å². The fourth-order valence-corrected chi connectivity index (χ4v) is 2.56. The first-order valence-electron chi connectivity index (χ1n) is 8.01. The number of benzene rings is 1. The minimum atomic E-state index is -0.997. The molecule has 23 heavy (non-hydrogen) atoms. The van der Waals surface area contributed by atoms with Gasteiger partial charge in [-0.15, -0.1) is 0 Å². The number of aromatic nitrogens is 1. The van der Waals surface area contributed by atoms with Crippen LogP contribution in [0.25, 0.3) is 10.9 Å². The number of nitrogens with zero attached hydrogens (tertiary/aromatic N) is 1. The molecule has 0 aliphatic rings. The Kier molecular flexibility index (Phi) is 6.09. The van der Waals surface area contributed by atoms with Gasteiger partial charge in [0.05, 0.1) is 11.1 Å². The average molecular weight is 314 g/mol. The first-order valence-corrected chi connectivity index (χ1v) is 8.01. The lowest BCUT2D eigenvalue weighted by Gasteiger charge is -2.15. The SMILES string of the molecule is CCCCCC[C@H](NC(=O)c1cccc2cccnc12)C(=O)O. The van der Waals surface area contributed by atoms with Crippen LogP contribution in [0.3, 0.4) is 0 Å². The normalized spacial score (nSPS) is 12.0. The highest BCUT2D eigenvalue weighted by Crippen LogP contribution is 2.16. The van der Waals surface area contributed by atoms with Gasteiger partial charge in [-0.3, -0.25) is 9.78 Å². The highest BCUT2D eigenvalue weighted by Gasteiger charge is 2.21. The van der Waals surface area contributed by atoms with Gasteiger partial charge in [-0.2, -0.15) is 0 Å². The maximum atomic E-state index is 12.4. The maximum absolute atomic E-state index is 12.4. The highest BCUT2D eigenvalue weighted by molar-refractivity contribution is 6.06. The van der Waals surface area contributed by atoms with Crippen LogP contribution in [0, 0.1) is 0 Å². The third-order valence-electron chi connectivity index (χ3n) is 3.83. The van der Waals surface area contributed by atoms with E-state index in [1.807, 2.05) is 12.1 Å². The van der Waals surface area contributed by atoms with Crippen LogP contribution in [0.1, 0.15) is 49.4 Å². The number of carboxylic acids is 1. The summed E-state index contributed by atoms with van der Waals surface area (Å²) in [5.41, 5.74) is 0.991. The molecule has 0 bridgehead atoms. The predicted octanol–water partition coefficient (Wildman–Crippen LogP) is 3.39. The van der Waals surface area contributed by atoms with Crippen molar-refractivity contribution in [3.05, 3.63) is 42.1 Å². The van der Waals surface area contributed by atoms with E-state index in [0.29, 0.717) is 17.5 Å². The molecule has 1 aromatic heterocycles. The second-order valence-electron chi connectivity index (χ2n) is 5.59. The fraction of sp³-hybridized carbons (Fsp3) is 0.389. The van der Waals surface area contributed by atoms with E-state index in [0.717, 1.165) is 31.1 Å². The van der Waals surface area contributed by atoms with Crippen molar-refractivity contribution in [2.75, 3.05) is 0 Å². The van der Waals surface area contributed by atoms with Crippen LogP contribution in [0.15, 0.2) is 36.5 Å². The van der Waals surface area contributed by atoms with E-state index in [-0.39, 0.29) is 0 Å². The van der Waals surface area contributed by atoms with Crippen molar-refractivity contribution in [2.45, 2.75) is 45.1 Å². The van der Waals surface area contributed by atoms with Gasteiger partial charge in [-0.1, -0.05) is 50.8 Å². The number of hydrogen-bond acceptors (Lipinski definition) is 3. The van der Waals surface area contributed by atoms with Gasteiger partial charge >= 0.3 is 5.97 Å². The lowest BCUT2D eigenvalue weighted by atomic mass is 10.1. The standard InChI is InChI=1S/C18H22N2O3/c1-2-3-4-5-11-15(18(22)23)20-17(21)14-10-6-8-13-9-7-12-19-16(13)14/h6-10,12,15H,2-5,11H2,1H3,(H,20,21)(H,22,23)/t15-/m0/s1. The van der Waals surface area contributed by atoms with Crippen molar-refractivity contribution in [3.63, 3.8) is 0 Å². The van der Waals surface area contributed by atoms with Crippen LogP contribution in [0.4, 0.5) is 0 Å². The number of para-hydroxylation sites is 1. The molecular formula is C18H22N2O3. The van der Waals surface area contributed by atoms with Crippen LogP contribution >= 0.6 is 0 Å². The van der Waals surface area contributed by atoms with Crippen LogP contribution in [0.2, 0.25) is 0 Å². The number of hydrogen-bond donors (Lipinski definition) is 2. The second-order valence-corrected chi connectivity index (χ2v) is 5.59. The number of fused-ring (bicyclic) bond motifs is 1. The van der Waals surface area contributed by atoms with Gasteiger partial charge in [0.15, 0.2) is 0 Å². The van der Waals surface area contributed by atoms with Crippen molar-refractivity contribution in [1.29, 1.82) is 0 Å². The molecule has 2 rings (SSSR count). The summed E-state index contributed by atoms with van der Waals surface area (Å²) in [6.07, 6.45) is 6.00. The molecule has 0 aliphatic carbocycles. The molecule has 122 valence electrons. The molecule has 5 nitrogen and oxygen atoms in total. The molecule has 1 heterocycles. The number of carboxylic acid groups (broad SMARTS) is 1. The lowest BCUT2D eigenvalue weighted by Crippen LogP contribution is -2.40. The van der Waals surface area contributed by atoms with Gasteiger partial charge < -0.3 is 10.4 Å². The Labute approximate surface area is 135 Å². The Hall–Kier alpha value is -2.43. The summed E-state index contributed by atoms with van der Waals surface area (Å²) < 4.78 is 0. The van der Waals surface area contributed by atoms with E-state index in [4.69, 9.17) is 0 Å². The molecule has 5 heteroatoms. The third kappa shape index (κ3) is 4.52. The summed E-state index contributed by atoms with van der Waals surface area (Å²) in [4.78, 5) is 28.0.